The topological polar surface area (TPSA) is 101 Å². The van der Waals surface area contributed by atoms with E-state index in [1.54, 1.807) is 12.1 Å². The molecule has 7 nitrogen and oxygen atoms in total. The van der Waals surface area contributed by atoms with Crippen LogP contribution in [0.2, 0.25) is 5.02 Å². The Balaban J connectivity index is 1.46. The Morgan fingerprint density at radius 3 is 2.78 bits per heavy atom. The number of halogens is 1. The first-order chi connectivity index (χ1) is 15.4. The van der Waals surface area contributed by atoms with Gasteiger partial charge in [0.1, 0.15) is 10.7 Å². The summed E-state index contributed by atoms with van der Waals surface area (Å²) < 4.78 is 34.0. The number of sulfonamides is 1. The monoisotopic (exact) mass is 487 g/mol. The van der Waals surface area contributed by atoms with Crippen LogP contribution in [-0.2, 0) is 16.6 Å². The summed E-state index contributed by atoms with van der Waals surface area (Å²) in [5, 5.41) is 3.50. The average Bonchev–Trinajstić information content (AvgIpc) is 3.43. The number of furan rings is 1. The molecule has 0 saturated heterocycles. The zero-order valence-electron chi connectivity index (χ0n) is 16.7. The molecule has 0 radical (unpaired) electrons. The molecular weight excluding hydrogens is 470 g/mol. The third-order valence-corrected chi connectivity index (χ3v) is 7.45. The minimum Gasteiger partial charge on any atom is -0.457 e. The summed E-state index contributed by atoms with van der Waals surface area (Å²) in [6.45, 7) is 3.65. The number of hydrogen-bond acceptors (Lipinski definition) is 6. The molecule has 2 N–H and O–H groups in total. The van der Waals surface area contributed by atoms with Gasteiger partial charge in [-0.3, -0.25) is 4.79 Å². The Bertz CT molecular complexity index is 1380. The molecule has 164 valence electrons. The van der Waals surface area contributed by atoms with Crippen molar-refractivity contribution in [3.63, 3.8) is 0 Å². The highest BCUT2D eigenvalue weighted by Gasteiger charge is 2.20. The van der Waals surface area contributed by atoms with E-state index in [0.29, 0.717) is 11.5 Å². The van der Waals surface area contributed by atoms with Crippen LogP contribution in [0.1, 0.15) is 16.1 Å². The summed E-state index contributed by atoms with van der Waals surface area (Å²) >= 11 is 7.55. The second-order valence-corrected chi connectivity index (χ2v) is 9.89. The highest BCUT2D eigenvalue weighted by atomic mass is 35.5. The van der Waals surface area contributed by atoms with E-state index in [9.17, 15) is 13.2 Å². The molecule has 0 aliphatic heterocycles. The van der Waals surface area contributed by atoms with E-state index >= 15 is 0 Å². The fraction of sp³-hybridized carbons (Fsp3) is 0.0909. The average molecular weight is 488 g/mol. The van der Waals surface area contributed by atoms with Crippen molar-refractivity contribution in [3.05, 3.63) is 83.6 Å². The number of thiazole rings is 1. The number of benzene rings is 2. The Hall–Kier alpha value is -2.98. The zero-order valence-corrected chi connectivity index (χ0v) is 19.1. The summed E-state index contributed by atoms with van der Waals surface area (Å²) in [4.78, 5) is 17.0. The number of carbonyl (C=O) groups excluding carboxylic acids is 1. The first kappa shape index (κ1) is 22.2. The summed E-state index contributed by atoms with van der Waals surface area (Å²) in [6.07, 6.45) is 1.41. The number of fused-ring (bicyclic) bond motifs is 1. The lowest BCUT2D eigenvalue weighted by Crippen LogP contribution is -2.26. The molecule has 0 aliphatic rings. The molecule has 0 spiro atoms. The molecule has 4 aromatic rings. The van der Waals surface area contributed by atoms with Crippen molar-refractivity contribution < 1.29 is 17.6 Å². The van der Waals surface area contributed by atoms with Gasteiger partial charge in [0.15, 0.2) is 10.8 Å². The number of carbonyl (C=O) groups is 1. The molecule has 0 atom stereocenters. The van der Waals surface area contributed by atoms with Crippen LogP contribution in [0.5, 0.6) is 0 Å². The summed E-state index contributed by atoms with van der Waals surface area (Å²) in [6, 6.07) is 15.4. The van der Waals surface area contributed by atoms with E-state index in [2.05, 4.69) is 21.6 Å². The number of para-hydroxylation sites is 1. The number of nitrogens with one attached hydrogen (secondary N) is 2. The van der Waals surface area contributed by atoms with Crippen molar-refractivity contribution in [1.29, 1.82) is 0 Å². The van der Waals surface area contributed by atoms with Crippen molar-refractivity contribution >= 4 is 49.1 Å². The molecule has 0 saturated carbocycles. The molecule has 4 rings (SSSR count). The molecular formula is C22H18ClN3O4S2. The van der Waals surface area contributed by atoms with E-state index < -0.39 is 15.9 Å². The van der Waals surface area contributed by atoms with Crippen LogP contribution in [0.25, 0.3) is 21.0 Å². The van der Waals surface area contributed by atoms with E-state index in [0.717, 1.165) is 15.2 Å². The van der Waals surface area contributed by atoms with Crippen LogP contribution >= 0.6 is 22.9 Å². The van der Waals surface area contributed by atoms with Crippen LogP contribution in [0.3, 0.4) is 0 Å². The molecule has 0 fully saturated rings. The quantitative estimate of drug-likeness (QED) is 0.353. The standard InChI is InChI=1S/C22H18ClN3O4S2/c1-2-11-25-32(28,29)20-12-14(7-9-16(20)23)21(27)24-13-15-8-10-18(30-15)22-26-17-5-3-4-6-19(17)31-22/h2-10,12,25H,1,11,13H2,(H,24,27). The Morgan fingerprint density at radius 1 is 1.19 bits per heavy atom. The normalized spacial score (nSPS) is 11.5. The van der Waals surface area contributed by atoms with E-state index in [-0.39, 0.29) is 28.6 Å². The van der Waals surface area contributed by atoms with Gasteiger partial charge in [-0.05, 0) is 42.5 Å². The first-order valence-electron chi connectivity index (χ1n) is 9.50. The van der Waals surface area contributed by atoms with Gasteiger partial charge in [0.2, 0.25) is 10.0 Å². The Morgan fingerprint density at radius 2 is 2.00 bits per heavy atom. The van der Waals surface area contributed by atoms with Crippen molar-refractivity contribution in [2.45, 2.75) is 11.4 Å². The van der Waals surface area contributed by atoms with Crippen molar-refractivity contribution in [2.75, 3.05) is 6.54 Å². The predicted octanol–water partition coefficient (Wildman–Crippen LogP) is 4.60. The lowest BCUT2D eigenvalue weighted by atomic mass is 10.2. The number of amides is 1. The van der Waals surface area contributed by atoms with Gasteiger partial charge in [-0.2, -0.15) is 0 Å². The maximum Gasteiger partial charge on any atom is 0.251 e. The zero-order chi connectivity index (χ0) is 22.7. The van der Waals surface area contributed by atoms with Gasteiger partial charge in [-0.1, -0.05) is 29.8 Å². The van der Waals surface area contributed by atoms with E-state index in [1.807, 2.05) is 24.3 Å². The van der Waals surface area contributed by atoms with Gasteiger partial charge >= 0.3 is 0 Å². The third kappa shape index (κ3) is 4.76. The fourth-order valence-corrected chi connectivity index (χ4v) is 5.38. The lowest BCUT2D eigenvalue weighted by molar-refractivity contribution is 0.0948. The molecule has 32 heavy (non-hydrogen) atoms. The van der Waals surface area contributed by atoms with Crippen molar-refractivity contribution in [3.8, 4) is 10.8 Å². The van der Waals surface area contributed by atoms with Crippen LogP contribution in [0.4, 0.5) is 0 Å². The fourth-order valence-electron chi connectivity index (χ4n) is 2.93. The lowest BCUT2D eigenvalue weighted by Gasteiger charge is -2.09. The molecule has 1 amide bonds. The molecule has 10 heteroatoms. The van der Waals surface area contributed by atoms with Crippen molar-refractivity contribution in [1.82, 2.24) is 15.0 Å². The van der Waals surface area contributed by atoms with Gasteiger partial charge in [-0.25, -0.2) is 18.1 Å². The molecule has 2 aromatic heterocycles. The number of aromatic nitrogens is 1. The second-order valence-electron chi connectivity index (χ2n) is 6.72. The predicted molar refractivity (Wildman–Crippen MR) is 125 cm³/mol. The highest BCUT2D eigenvalue weighted by Crippen LogP contribution is 2.31. The summed E-state index contributed by atoms with van der Waals surface area (Å²) in [5.41, 5.74) is 1.06. The van der Waals surface area contributed by atoms with Crippen LogP contribution in [-0.4, -0.2) is 25.9 Å². The van der Waals surface area contributed by atoms with Crippen molar-refractivity contribution in [2.24, 2.45) is 0 Å². The van der Waals surface area contributed by atoms with Gasteiger partial charge in [-0.15, -0.1) is 17.9 Å². The molecule has 0 unspecified atom stereocenters. The molecule has 2 aromatic carbocycles. The minimum absolute atomic E-state index is 0.0182. The molecule has 0 aliphatic carbocycles. The smallest absolute Gasteiger partial charge is 0.251 e. The van der Waals surface area contributed by atoms with Gasteiger partial charge in [0.25, 0.3) is 5.91 Å². The Labute approximate surface area is 193 Å². The Kier molecular flexibility index (Phi) is 6.43. The number of rotatable bonds is 8. The number of nitrogens with zero attached hydrogens (tertiary/aromatic N) is 1. The van der Waals surface area contributed by atoms with E-state index in [4.69, 9.17) is 16.0 Å². The molecule has 0 bridgehead atoms. The van der Waals surface area contributed by atoms with Gasteiger partial charge in [0.05, 0.1) is 21.8 Å². The molecule has 2 heterocycles. The number of hydrogen-bond donors (Lipinski definition) is 2. The SMILES string of the molecule is C=CCNS(=O)(=O)c1cc(C(=O)NCc2ccc(-c3nc4ccccc4s3)o2)ccc1Cl. The van der Waals surface area contributed by atoms with Gasteiger partial charge < -0.3 is 9.73 Å². The summed E-state index contributed by atoms with van der Waals surface area (Å²) in [5.74, 6) is 0.699. The van der Waals surface area contributed by atoms with Crippen LogP contribution in [0, 0.1) is 0 Å². The maximum absolute atomic E-state index is 12.6. The van der Waals surface area contributed by atoms with E-state index in [1.165, 1.54) is 35.6 Å². The third-order valence-electron chi connectivity index (χ3n) is 4.49. The first-order valence-corrected chi connectivity index (χ1v) is 12.2. The van der Waals surface area contributed by atoms with Crippen LogP contribution < -0.4 is 10.0 Å². The largest absolute Gasteiger partial charge is 0.457 e. The van der Waals surface area contributed by atoms with Crippen LogP contribution in [0.15, 0.2) is 76.6 Å². The minimum atomic E-state index is -3.87. The second kappa shape index (κ2) is 9.25. The maximum atomic E-state index is 12.6. The summed E-state index contributed by atoms with van der Waals surface area (Å²) in [7, 11) is -3.87. The van der Waals surface area contributed by atoms with Gasteiger partial charge in [0, 0.05) is 12.1 Å². The highest BCUT2D eigenvalue weighted by molar-refractivity contribution is 7.89.